The fourth-order valence-electron chi connectivity index (χ4n) is 4.23. The van der Waals surface area contributed by atoms with Gasteiger partial charge in [-0.25, -0.2) is 8.42 Å². The van der Waals surface area contributed by atoms with Crippen LogP contribution in [0.25, 0.3) is 0 Å². The zero-order chi connectivity index (χ0) is 17.6. The van der Waals surface area contributed by atoms with Crippen molar-refractivity contribution < 1.29 is 13.2 Å². The lowest BCUT2D eigenvalue weighted by Crippen LogP contribution is -2.59. The Hall–Kier alpha value is -1.24. The average molecular weight is 362 g/mol. The summed E-state index contributed by atoms with van der Waals surface area (Å²) in [5.41, 5.74) is 1.86. The van der Waals surface area contributed by atoms with Crippen molar-refractivity contribution in [3.8, 4) is 0 Å². The maximum atomic E-state index is 12.3. The molecule has 2 saturated heterocycles. The molecular formula is C19H26N2O3S. The van der Waals surface area contributed by atoms with Gasteiger partial charge in [0, 0.05) is 43.8 Å². The van der Waals surface area contributed by atoms with E-state index in [9.17, 15) is 13.2 Å². The normalized spacial score (nSPS) is 29.5. The summed E-state index contributed by atoms with van der Waals surface area (Å²) in [5.74, 6) is 1.45. The summed E-state index contributed by atoms with van der Waals surface area (Å²) in [6, 6.07) is 7.96. The first-order chi connectivity index (χ1) is 11.9. The van der Waals surface area contributed by atoms with Crippen molar-refractivity contribution in [3.63, 3.8) is 0 Å². The summed E-state index contributed by atoms with van der Waals surface area (Å²) in [7, 11) is -2.95. The van der Waals surface area contributed by atoms with Crippen molar-refractivity contribution in [3.05, 3.63) is 35.4 Å². The number of benzene rings is 1. The minimum absolute atomic E-state index is 0.0715. The third-order valence-electron chi connectivity index (χ3n) is 5.84. The van der Waals surface area contributed by atoms with Gasteiger partial charge < -0.3 is 0 Å². The Kier molecular flexibility index (Phi) is 4.46. The average Bonchev–Trinajstić information content (AvgIpc) is 3.31. The molecule has 5 nitrogen and oxygen atoms in total. The monoisotopic (exact) mass is 362 g/mol. The fourth-order valence-corrected chi connectivity index (χ4v) is 6.27. The van der Waals surface area contributed by atoms with E-state index in [4.69, 9.17) is 0 Å². The largest absolute Gasteiger partial charge is 0.296 e. The molecule has 1 aliphatic carbocycles. The second-order valence-corrected chi connectivity index (χ2v) is 10.0. The number of piperazine rings is 1. The van der Waals surface area contributed by atoms with Crippen LogP contribution in [-0.4, -0.2) is 67.2 Å². The molecule has 0 amide bonds. The summed E-state index contributed by atoms with van der Waals surface area (Å²) in [5, 5.41) is 0. The van der Waals surface area contributed by atoms with Crippen LogP contribution in [0.4, 0.5) is 0 Å². The number of fused-ring (bicyclic) bond motifs is 1. The summed E-state index contributed by atoms with van der Waals surface area (Å²) in [6.07, 6.45) is 2.60. The lowest BCUT2D eigenvalue weighted by Gasteiger charge is -2.44. The minimum atomic E-state index is -2.95. The van der Waals surface area contributed by atoms with Crippen LogP contribution in [0, 0.1) is 5.92 Å². The third kappa shape index (κ3) is 3.81. The Balaban J connectivity index is 1.49. The summed E-state index contributed by atoms with van der Waals surface area (Å²) in [4.78, 5) is 16.2. The van der Waals surface area contributed by atoms with Gasteiger partial charge in [-0.15, -0.1) is 0 Å². The molecule has 2 aliphatic heterocycles. The van der Waals surface area contributed by atoms with Crippen LogP contribution < -0.4 is 0 Å². The first-order valence-electron chi connectivity index (χ1n) is 9.20. The van der Waals surface area contributed by atoms with Crippen LogP contribution in [0.2, 0.25) is 0 Å². The van der Waals surface area contributed by atoms with Gasteiger partial charge in [0.05, 0.1) is 11.5 Å². The number of rotatable bonds is 5. The number of Topliss-reactive ketones (excluding diaryl/α,β-unsaturated/α-hetero) is 1. The smallest absolute Gasteiger partial charge is 0.159 e. The van der Waals surface area contributed by atoms with Gasteiger partial charge in [0.25, 0.3) is 0 Å². The molecule has 2 heterocycles. The second-order valence-electron chi connectivity index (χ2n) is 7.87. The lowest BCUT2D eigenvalue weighted by molar-refractivity contribution is 0.0376. The molecule has 4 rings (SSSR count). The summed E-state index contributed by atoms with van der Waals surface area (Å²) < 4.78 is 24.5. The third-order valence-corrected chi connectivity index (χ3v) is 7.54. The van der Waals surface area contributed by atoms with Gasteiger partial charge in [-0.1, -0.05) is 24.3 Å². The quantitative estimate of drug-likeness (QED) is 0.745. The fraction of sp³-hybridized carbons (Fsp3) is 0.632. The van der Waals surface area contributed by atoms with Crippen molar-refractivity contribution in [1.82, 2.24) is 9.80 Å². The molecule has 0 radical (unpaired) electrons. The molecule has 6 heteroatoms. The predicted molar refractivity (Wildman–Crippen MR) is 97.4 cm³/mol. The van der Waals surface area contributed by atoms with Crippen molar-refractivity contribution in [2.75, 3.05) is 31.1 Å². The molecule has 0 bridgehead atoms. The van der Waals surface area contributed by atoms with Crippen LogP contribution in [-0.2, 0) is 16.4 Å². The van der Waals surface area contributed by atoms with Gasteiger partial charge in [0.1, 0.15) is 0 Å². The van der Waals surface area contributed by atoms with E-state index in [1.165, 1.54) is 12.8 Å². The van der Waals surface area contributed by atoms with Crippen molar-refractivity contribution in [1.29, 1.82) is 0 Å². The maximum absolute atomic E-state index is 12.3. The summed E-state index contributed by atoms with van der Waals surface area (Å²) in [6.45, 7) is 5.27. The molecule has 25 heavy (non-hydrogen) atoms. The Labute approximate surface area is 149 Å². The Bertz CT molecular complexity index is 755. The SMILES string of the molecule is CC(=O)c1ccc(CN2CCN(CC3CC3)[C@@H]3CS(=O)(=O)C[C@@H]32)cc1. The number of nitrogens with zero attached hydrogens (tertiary/aromatic N) is 2. The van der Waals surface area contributed by atoms with Crippen LogP contribution in [0.3, 0.4) is 0 Å². The van der Waals surface area contributed by atoms with E-state index in [-0.39, 0.29) is 23.6 Å². The van der Waals surface area contributed by atoms with Gasteiger partial charge in [-0.2, -0.15) is 0 Å². The van der Waals surface area contributed by atoms with Crippen LogP contribution in [0.15, 0.2) is 24.3 Å². The molecule has 0 unspecified atom stereocenters. The molecule has 1 aromatic rings. The highest BCUT2D eigenvalue weighted by atomic mass is 32.2. The van der Waals surface area contributed by atoms with E-state index in [2.05, 4.69) is 9.80 Å². The van der Waals surface area contributed by atoms with Gasteiger partial charge in [0.2, 0.25) is 0 Å². The van der Waals surface area contributed by atoms with Crippen LogP contribution in [0.1, 0.15) is 35.7 Å². The second kappa shape index (κ2) is 6.49. The number of ketones is 1. The van der Waals surface area contributed by atoms with Gasteiger partial charge in [0.15, 0.2) is 15.6 Å². The lowest BCUT2D eigenvalue weighted by atomic mass is 10.0. The standard InChI is InChI=1S/C19H26N2O3S/c1-14(22)17-6-4-16(5-7-17)11-21-9-8-20(10-15-2-3-15)18-12-25(23,24)13-19(18)21/h4-7,15,18-19H,2-3,8-13H2,1H3/t18-,19+/m1/s1. The Morgan fingerprint density at radius 2 is 1.64 bits per heavy atom. The molecule has 2 atom stereocenters. The van der Waals surface area contributed by atoms with Crippen LogP contribution in [0.5, 0.6) is 0 Å². The molecule has 1 saturated carbocycles. The van der Waals surface area contributed by atoms with Gasteiger partial charge in [-0.05, 0) is 31.2 Å². The van der Waals surface area contributed by atoms with E-state index < -0.39 is 9.84 Å². The van der Waals surface area contributed by atoms with E-state index in [1.54, 1.807) is 6.92 Å². The van der Waals surface area contributed by atoms with Crippen molar-refractivity contribution in [2.45, 2.75) is 38.4 Å². The van der Waals surface area contributed by atoms with Gasteiger partial charge >= 0.3 is 0 Å². The number of carbonyl (C=O) groups excluding carboxylic acids is 1. The number of hydrogen-bond acceptors (Lipinski definition) is 5. The highest BCUT2D eigenvalue weighted by molar-refractivity contribution is 7.91. The maximum Gasteiger partial charge on any atom is 0.159 e. The molecule has 0 aromatic heterocycles. The molecule has 3 fully saturated rings. The topological polar surface area (TPSA) is 57.7 Å². The predicted octanol–water partition coefficient (Wildman–Crippen LogP) is 1.58. The summed E-state index contributed by atoms with van der Waals surface area (Å²) >= 11 is 0. The van der Waals surface area contributed by atoms with E-state index in [0.29, 0.717) is 5.75 Å². The highest BCUT2D eigenvalue weighted by Crippen LogP contribution is 2.34. The molecule has 1 aromatic carbocycles. The minimum Gasteiger partial charge on any atom is -0.296 e. The van der Waals surface area contributed by atoms with E-state index in [1.807, 2.05) is 24.3 Å². The zero-order valence-electron chi connectivity index (χ0n) is 14.7. The molecule has 0 N–H and O–H groups in total. The molecular weight excluding hydrogens is 336 g/mol. The number of sulfone groups is 1. The zero-order valence-corrected chi connectivity index (χ0v) is 15.5. The molecule has 136 valence electrons. The van der Waals surface area contributed by atoms with Gasteiger partial charge in [-0.3, -0.25) is 14.6 Å². The first kappa shape index (κ1) is 17.2. The Morgan fingerprint density at radius 1 is 1.04 bits per heavy atom. The number of hydrogen-bond donors (Lipinski definition) is 0. The molecule has 0 spiro atoms. The Morgan fingerprint density at radius 3 is 2.24 bits per heavy atom. The van der Waals surface area contributed by atoms with E-state index >= 15 is 0 Å². The van der Waals surface area contributed by atoms with E-state index in [0.717, 1.165) is 43.2 Å². The van der Waals surface area contributed by atoms with Crippen molar-refractivity contribution in [2.24, 2.45) is 5.92 Å². The first-order valence-corrected chi connectivity index (χ1v) is 11.0. The number of carbonyl (C=O) groups is 1. The van der Waals surface area contributed by atoms with Crippen molar-refractivity contribution >= 4 is 15.6 Å². The van der Waals surface area contributed by atoms with Crippen LogP contribution >= 0.6 is 0 Å². The highest BCUT2D eigenvalue weighted by Gasteiger charge is 2.47. The molecule has 3 aliphatic rings.